The highest BCUT2D eigenvalue weighted by Crippen LogP contribution is 2.19. The summed E-state index contributed by atoms with van der Waals surface area (Å²) in [5.41, 5.74) is 2.00. The smallest absolute Gasteiger partial charge is 0.234 e. The maximum Gasteiger partial charge on any atom is 0.234 e. The lowest BCUT2D eigenvalue weighted by atomic mass is 10.2. The van der Waals surface area contributed by atoms with Gasteiger partial charge < -0.3 is 10.1 Å². The van der Waals surface area contributed by atoms with Crippen molar-refractivity contribution in [3.05, 3.63) is 60.2 Å². The molecule has 0 aliphatic rings. The summed E-state index contributed by atoms with van der Waals surface area (Å²) in [6, 6.07) is 17.6. The van der Waals surface area contributed by atoms with Gasteiger partial charge in [-0.05, 0) is 31.5 Å². The van der Waals surface area contributed by atoms with Gasteiger partial charge in [-0.3, -0.25) is 4.79 Å². The summed E-state index contributed by atoms with van der Waals surface area (Å²) in [6.07, 6.45) is 0.118. The highest BCUT2D eigenvalue weighted by molar-refractivity contribution is 7.99. The predicted octanol–water partition coefficient (Wildman–Crippen LogP) is 4.35. The second kappa shape index (κ2) is 8.49. The molecule has 3 nitrogen and oxygen atoms in total. The minimum atomic E-state index is 0.00243. The maximum absolute atomic E-state index is 12.0. The van der Waals surface area contributed by atoms with Crippen LogP contribution in [-0.4, -0.2) is 17.8 Å². The fourth-order valence-corrected chi connectivity index (χ4v) is 2.74. The SMILES string of the molecule is CC(C)Oc1cccc(NC(=O)CSCc2ccccc2)c1. The normalized spacial score (nSPS) is 10.5. The lowest BCUT2D eigenvalue weighted by Crippen LogP contribution is -2.14. The molecule has 0 spiro atoms. The quantitative estimate of drug-likeness (QED) is 0.825. The standard InChI is InChI=1S/C18H21NO2S/c1-14(2)21-17-10-6-9-16(11-17)19-18(20)13-22-12-15-7-4-3-5-8-15/h3-11,14H,12-13H2,1-2H3,(H,19,20). The molecule has 0 aliphatic carbocycles. The minimum absolute atomic E-state index is 0.00243. The zero-order chi connectivity index (χ0) is 15.8. The molecular formula is C18H21NO2S. The van der Waals surface area contributed by atoms with Crippen LogP contribution in [0.3, 0.4) is 0 Å². The lowest BCUT2D eigenvalue weighted by Gasteiger charge is -2.11. The van der Waals surface area contributed by atoms with Gasteiger partial charge in [0.25, 0.3) is 0 Å². The number of ether oxygens (including phenoxy) is 1. The largest absolute Gasteiger partial charge is 0.491 e. The van der Waals surface area contributed by atoms with Crippen molar-refractivity contribution >= 4 is 23.4 Å². The van der Waals surface area contributed by atoms with Gasteiger partial charge in [0, 0.05) is 17.5 Å². The van der Waals surface area contributed by atoms with Gasteiger partial charge in [0.05, 0.1) is 11.9 Å². The molecule has 0 saturated carbocycles. The van der Waals surface area contributed by atoms with Crippen LogP contribution >= 0.6 is 11.8 Å². The van der Waals surface area contributed by atoms with E-state index in [4.69, 9.17) is 4.74 Å². The van der Waals surface area contributed by atoms with E-state index >= 15 is 0 Å². The zero-order valence-corrected chi connectivity index (χ0v) is 13.7. The van der Waals surface area contributed by atoms with Crippen LogP contribution in [0, 0.1) is 0 Å². The van der Waals surface area contributed by atoms with E-state index in [0.717, 1.165) is 17.2 Å². The van der Waals surface area contributed by atoms with Crippen LogP contribution in [-0.2, 0) is 10.5 Å². The summed E-state index contributed by atoms with van der Waals surface area (Å²) < 4.78 is 5.62. The molecule has 0 bridgehead atoms. The molecule has 2 aromatic carbocycles. The molecule has 1 amide bonds. The highest BCUT2D eigenvalue weighted by Gasteiger charge is 2.05. The third-order valence-electron chi connectivity index (χ3n) is 2.83. The fourth-order valence-electron chi connectivity index (χ4n) is 1.95. The van der Waals surface area contributed by atoms with Gasteiger partial charge in [0.15, 0.2) is 0 Å². The van der Waals surface area contributed by atoms with Crippen LogP contribution < -0.4 is 10.1 Å². The van der Waals surface area contributed by atoms with Crippen molar-refractivity contribution in [2.45, 2.75) is 25.7 Å². The molecule has 0 saturated heterocycles. The molecular weight excluding hydrogens is 294 g/mol. The zero-order valence-electron chi connectivity index (χ0n) is 12.9. The van der Waals surface area contributed by atoms with Gasteiger partial charge in [-0.15, -0.1) is 11.8 Å². The number of rotatable bonds is 7. The third-order valence-corrected chi connectivity index (χ3v) is 3.84. The number of amides is 1. The van der Waals surface area contributed by atoms with Crippen molar-refractivity contribution in [1.82, 2.24) is 0 Å². The number of anilines is 1. The van der Waals surface area contributed by atoms with Gasteiger partial charge in [0.1, 0.15) is 5.75 Å². The van der Waals surface area contributed by atoms with Crippen LogP contribution in [0.25, 0.3) is 0 Å². The van der Waals surface area contributed by atoms with Crippen LogP contribution in [0.5, 0.6) is 5.75 Å². The first-order valence-corrected chi connectivity index (χ1v) is 8.47. The second-order valence-electron chi connectivity index (χ2n) is 5.22. The topological polar surface area (TPSA) is 38.3 Å². The number of carbonyl (C=O) groups is 1. The van der Waals surface area contributed by atoms with E-state index in [1.165, 1.54) is 5.56 Å². The molecule has 22 heavy (non-hydrogen) atoms. The first kappa shape index (κ1) is 16.4. The van der Waals surface area contributed by atoms with E-state index in [1.54, 1.807) is 11.8 Å². The number of hydrogen-bond donors (Lipinski definition) is 1. The van der Waals surface area contributed by atoms with Gasteiger partial charge in [-0.25, -0.2) is 0 Å². The molecule has 116 valence electrons. The van der Waals surface area contributed by atoms with Crippen LogP contribution in [0.2, 0.25) is 0 Å². The molecule has 0 atom stereocenters. The molecule has 1 N–H and O–H groups in total. The lowest BCUT2D eigenvalue weighted by molar-refractivity contribution is -0.113. The molecule has 2 aromatic rings. The summed E-state index contributed by atoms with van der Waals surface area (Å²) in [5.74, 6) is 2.04. The van der Waals surface area contributed by atoms with Gasteiger partial charge >= 0.3 is 0 Å². The minimum Gasteiger partial charge on any atom is -0.491 e. The average Bonchev–Trinajstić information content (AvgIpc) is 2.48. The Labute approximate surface area is 136 Å². The first-order valence-electron chi connectivity index (χ1n) is 7.32. The molecule has 2 rings (SSSR count). The second-order valence-corrected chi connectivity index (χ2v) is 6.21. The summed E-state index contributed by atoms with van der Waals surface area (Å²) in [5, 5.41) is 2.90. The molecule has 0 fully saturated rings. The van der Waals surface area contributed by atoms with E-state index < -0.39 is 0 Å². The molecule has 0 heterocycles. The van der Waals surface area contributed by atoms with E-state index in [1.807, 2.05) is 56.3 Å². The summed E-state index contributed by atoms with van der Waals surface area (Å²) in [4.78, 5) is 12.0. The van der Waals surface area contributed by atoms with Crippen LogP contribution in [0.1, 0.15) is 19.4 Å². The number of carbonyl (C=O) groups excluding carboxylic acids is 1. The molecule has 4 heteroatoms. The predicted molar refractivity (Wildman–Crippen MR) is 93.4 cm³/mol. The first-order chi connectivity index (χ1) is 10.6. The molecule has 0 unspecified atom stereocenters. The van der Waals surface area contributed by atoms with Gasteiger partial charge in [0.2, 0.25) is 5.91 Å². The van der Waals surface area contributed by atoms with Crippen molar-refractivity contribution in [3.63, 3.8) is 0 Å². The van der Waals surface area contributed by atoms with Crippen LogP contribution in [0.15, 0.2) is 54.6 Å². The van der Waals surface area contributed by atoms with E-state index in [9.17, 15) is 4.79 Å². The highest BCUT2D eigenvalue weighted by atomic mass is 32.2. The fraction of sp³-hybridized carbons (Fsp3) is 0.278. The number of hydrogen-bond acceptors (Lipinski definition) is 3. The Morgan fingerprint density at radius 3 is 2.64 bits per heavy atom. The van der Waals surface area contributed by atoms with Crippen molar-refractivity contribution in [2.24, 2.45) is 0 Å². The van der Waals surface area contributed by atoms with Crippen LogP contribution in [0.4, 0.5) is 5.69 Å². The van der Waals surface area contributed by atoms with Crippen molar-refractivity contribution in [1.29, 1.82) is 0 Å². The number of benzene rings is 2. The Bertz CT molecular complexity index is 599. The Morgan fingerprint density at radius 2 is 1.91 bits per heavy atom. The van der Waals surface area contributed by atoms with E-state index in [2.05, 4.69) is 17.4 Å². The average molecular weight is 315 g/mol. The van der Waals surface area contributed by atoms with Crippen molar-refractivity contribution in [2.75, 3.05) is 11.1 Å². The third kappa shape index (κ3) is 5.82. The molecule has 0 aromatic heterocycles. The summed E-state index contributed by atoms with van der Waals surface area (Å²) >= 11 is 1.61. The van der Waals surface area contributed by atoms with E-state index in [-0.39, 0.29) is 12.0 Å². The molecule has 0 radical (unpaired) electrons. The van der Waals surface area contributed by atoms with Crippen molar-refractivity contribution in [3.8, 4) is 5.75 Å². The Balaban J connectivity index is 1.79. The maximum atomic E-state index is 12.0. The van der Waals surface area contributed by atoms with Gasteiger partial charge in [-0.1, -0.05) is 36.4 Å². The Kier molecular flexibility index (Phi) is 6.34. The van der Waals surface area contributed by atoms with Crippen molar-refractivity contribution < 1.29 is 9.53 Å². The monoisotopic (exact) mass is 315 g/mol. The summed E-state index contributed by atoms with van der Waals surface area (Å²) in [6.45, 7) is 3.96. The number of nitrogens with one attached hydrogen (secondary N) is 1. The Hall–Kier alpha value is -1.94. The Morgan fingerprint density at radius 1 is 1.14 bits per heavy atom. The van der Waals surface area contributed by atoms with Gasteiger partial charge in [-0.2, -0.15) is 0 Å². The number of thioether (sulfide) groups is 1. The van der Waals surface area contributed by atoms with E-state index in [0.29, 0.717) is 5.75 Å². The summed E-state index contributed by atoms with van der Waals surface area (Å²) in [7, 11) is 0. The molecule has 0 aliphatic heterocycles.